The maximum Gasteiger partial charge on any atom is 0.389 e. The molecule has 15 atom stereocenters. The average molecular weight is 1340 g/mol. The van der Waals surface area contributed by atoms with Crippen molar-refractivity contribution in [3.8, 4) is 5.75 Å². The van der Waals surface area contributed by atoms with Crippen LogP contribution >= 0.6 is 24.9 Å². The number of benzene rings is 1. The minimum atomic E-state index is -4.82. The second-order valence-corrected chi connectivity index (χ2v) is 28.9. The van der Waals surface area contributed by atoms with E-state index >= 15 is 13.3 Å². The van der Waals surface area contributed by atoms with Crippen LogP contribution in [0.15, 0.2) is 60.5 Å². The Bertz CT molecular complexity index is 3700. The summed E-state index contributed by atoms with van der Waals surface area (Å²) in [5.74, 6) is -3.43. The molecule has 5 aliphatic rings. The summed E-state index contributed by atoms with van der Waals surface area (Å²) in [5, 5.41) is 5.74. The molecule has 6 N–H and O–H groups in total. The van der Waals surface area contributed by atoms with Crippen molar-refractivity contribution in [2.24, 2.45) is 11.8 Å². The smallest absolute Gasteiger partial charge is 0.389 e. The number of nitrogens with two attached hydrogens (primary N) is 1. The third kappa shape index (κ3) is 15.2. The molecule has 90 heavy (non-hydrogen) atoms. The lowest BCUT2D eigenvalue weighted by Crippen LogP contribution is -2.55. The summed E-state index contributed by atoms with van der Waals surface area (Å²) < 4.78 is 107. The fraction of sp³-hybridized carbons (Fsp3) is 0.556. The number of unbranched alkanes of at least 4 members (excludes halogenated alkanes) is 4. The van der Waals surface area contributed by atoms with E-state index in [1.165, 1.54) is 55.1 Å². The van der Waals surface area contributed by atoms with E-state index in [-0.39, 0.29) is 88.2 Å². The number of imide groups is 1. The van der Waals surface area contributed by atoms with Gasteiger partial charge >= 0.3 is 19.5 Å². The Morgan fingerprint density at radius 1 is 0.822 bits per heavy atom. The minimum absolute atomic E-state index is 0.00203. The van der Waals surface area contributed by atoms with Gasteiger partial charge in [-0.1, -0.05) is 32.8 Å². The molecule has 36 heteroatoms. The number of aromatic nitrogens is 8. The Labute approximate surface area is 520 Å². The number of H-pyrrole nitrogens is 1. The van der Waals surface area contributed by atoms with Crippen LogP contribution in [0, 0.1) is 11.8 Å². The number of hydrogen-bond acceptors (Lipinski definition) is 25. The van der Waals surface area contributed by atoms with Crippen LogP contribution in [0.2, 0.25) is 0 Å². The third-order valence-corrected chi connectivity index (χ3v) is 21.0. The first-order chi connectivity index (χ1) is 43.0. The second kappa shape index (κ2) is 28.5. The van der Waals surface area contributed by atoms with Crippen LogP contribution in [-0.2, 0) is 87.9 Å². The number of nitrogen functional groups attached to an aromatic ring is 1. The second-order valence-electron chi connectivity index (χ2n) is 22.0. The molecule has 0 radical (unpaired) electrons. The highest BCUT2D eigenvalue weighted by Gasteiger charge is 2.55. The van der Waals surface area contributed by atoms with Gasteiger partial charge in [0.25, 0.3) is 17.4 Å². The number of Topliss-reactive ketones (excluding diaryl/α,β-unsaturated/α-hetero) is 1. The lowest BCUT2D eigenvalue weighted by molar-refractivity contribution is -0.241. The number of amides is 4. The summed E-state index contributed by atoms with van der Waals surface area (Å²) in [6, 6.07) is 4.49. The van der Waals surface area contributed by atoms with Gasteiger partial charge in [0.1, 0.15) is 48.1 Å². The van der Waals surface area contributed by atoms with Crippen LogP contribution in [0.25, 0.3) is 22.3 Å². The fourth-order valence-corrected chi connectivity index (χ4v) is 15.8. The molecular formula is C54H66F2N12O18P2S2. The third-order valence-electron chi connectivity index (χ3n) is 15.8. The molecule has 0 bridgehead atoms. The zero-order chi connectivity index (χ0) is 64.2. The topological polar surface area (TPSA) is 383 Å². The first-order valence-corrected chi connectivity index (χ1v) is 34.6. The Morgan fingerprint density at radius 2 is 1.47 bits per heavy atom. The summed E-state index contributed by atoms with van der Waals surface area (Å²) in [7, 11) is 0. The van der Waals surface area contributed by atoms with Crippen molar-refractivity contribution in [3.63, 3.8) is 0 Å². The number of fused-ring (bicyclic) bond motifs is 4. The number of carbonyl (C=O) groups is 6. The number of ketones is 1. The molecule has 0 spiro atoms. The molecule has 0 saturated carbocycles. The summed E-state index contributed by atoms with van der Waals surface area (Å²) in [4.78, 5) is 123. The lowest BCUT2D eigenvalue weighted by Gasteiger charge is -2.42. The van der Waals surface area contributed by atoms with Crippen LogP contribution in [0.1, 0.15) is 97.1 Å². The highest BCUT2D eigenvalue weighted by molar-refractivity contribution is 8.54. The number of nitrogens with zero attached hydrogens (tertiary/aromatic N) is 8. The van der Waals surface area contributed by atoms with Crippen molar-refractivity contribution in [1.29, 1.82) is 0 Å². The van der Waals surface area contributed by atoms with Gasteiger partial charge in [-0.05, 0) is 79.4 Å². The molecule has 4 unspecified atom stereocenters. The molecule has 10 rings (SSSR count). The first-order valence-electron chi connectivity index (χ1n) is 28.9. The standard InChI is InChI=1S/C54H66F2N12O18P2S2/c1-27-28(2)45(80-30(4)70)54(84-44(27)29(3)69)83-33-14-13-31(19-32(33)65-37(72)12-7-5-9-17-58-36(71)11-8-6-10-18-66-38(73)15-16-39(66)74)22-90-88(77)79-21-35-46(40(55)52(82-35)68-26-64-43-50(68)61-24-62-51(43)75)85-87(76,89)78-20-34-47(86-88)41(56)53(81-34)67-25-63-42-48(57)59-23-60-49(42)67/h13-16,19,23-28,34-35,40-41,44-47,52-54H,5-12,17-18,20-22H2,1-4H3,(H,58,71)(H,65,72)(H,76,89)(H2,57,59,60)(H,61,62,75)/t27-,28-,34+,35+,40+,41+,44?,45?,46+,47+,52+,53+,54+,87?,88?/m0/s1. The van der Waals surface area contributed by atoms with Gasteiger partial charge in [-0.25, -0.2) is 38.3 Å². The molecule has 4 amide bonds. The normalized spacial score (nSPS) is 30.4. The maximum absolute atomic E-state index is 17.3. The van der Waals surface area contributed by atoms with Crippen LogP contribution in [0.4, 0.5) is 20.3 Å². The van der Waals surface area contributed by atoms with Gasteiger partial charge in [0.2, 0.25) is 18.1 Å². The number of halogens is 2. The number of alkyl halides is 2. The predicted octanol–water partition coefficient (Wildman–Crippen LogP) is 5.09. The van der Waals surface area contributed by atoms with E-state index in [1.807, 2.05) is 0 Å². The maximum atomic E-state index is 17.3. The van der Waals surface area contributed by atoms with Gasteiger partial charge in [0.15, 0.2) is 59.3 Å². The number of anilines is 2. The number of hydrogen-bond donors (Lipinski definition) is 5. The summed E-state index contributed by atoms with van der Waals surface area (Å²) in [6.45, 7) is -4.14. The number of rotatable bonds is 22. The molecule has 5 aliphatic heterocycles. The Morgan fingerprint density at radius 3 is 2.16 bits per heavy atom. The van der Waals surface area contributed by atoms with E-state index in [2.05, 4.69) is 40.5 Å². The van der Waals surface area contributed by atoms with Gasteiger partial charge in [0.05, 0.1) is 37.9 Å². The molecule has 9 heterocycles. The van der Waals surface area contributed by atoms with Crippen molar-refractivity contribution in [3.05, 3.63) is 71.6 Å². The number of imidazole rings is 2. The van der Waals surface area contributed by atoms with Gasteiger partial charge < -0.3 is 54.5 Å². The zero-order valence-electron chi connectivity index (χ0n) is 48.9. The van der Waals surface area contributed by atoms with Crippen molar-refractivity contribution < 1.29 is 88.8 Å². The van der Waals surface area contributed by atoms with Crippen LogP contribution in [-0.4, -0.2) is 166 Å². The molecular weight excluding hydrogens is 1270 g/mol. The van der Waals surface area contributed by atoms with Gasteiger partial charge in [-0.3, -0.25) is 61.2 Å². The van der Waals surface area contributed by atoms with Gasteiger partial charge in [0, 0.05) is 56.7 Å². The first kappa shape index (κ1) is 66.4. The molecule has 0 aliphatic carbocycles. The van der Waals surface area contributed by atoms with E-state index in [9.17, 15) is 38.5 Å². The van der Waals surface area contributed by atoms with E-state index in [0.29, 0.717) is 62.0 Å². The van der Waals surface area contributed by atoms with Crippen molar-refractivity contribution in [1.82, 2.24) is 49.3 Å². The molecule has 1 aromatic carbocycles. The molecule has 486 valence electrons. The van der Waals surface area contributed by atoms with Crippen molar-refractivity contribution >= 4 is 106 Å². The number of ether oxygens (including phenoxy) is 5. The molecule has 4 fully saturated rings. The van der Waals surface area contributed by atoms with E-state index in [1.54, 1.807) is 13.8 Å². The van der Waals surface area contributed by atoms with Crippen LogP contribution in [0.5, 0.6) is 5.75 Å². The quantitative estimate of drug-likeness (QED) is 0.0261. The van der Waals surface area contributed by atoms with Crippen molar-refractivity contribution in [2.45, 2.75) is 153 Å². The predicted molar refractivity (Wildman–Crippen MR) is 317 cm³/mol. The summed E-state index contributed by atoms with van der Waals surface area (Å²) in [5.41, 5.74) is 5.72. The van der Waals surface area contributed by atoms with E-state index < -0.39 is 124 Å². The summed E-state index contributed by atoms with van der Waals surface area (Å²) >= 11 is 5.91. The number of carbonyl (C=O) groups excluding carboxylic acids is 6. The van der Waals surface area contributed by atoms with Crippen LogP contribution in [0.3, 0.4) is 0 Å². The molecule has 5 aromatic rings. The average Bonchev–Trinajstić information content (AvgIpc) is 1.59. The molecule has 30 nitrogen and oxygen atoms in total. The SMILES string of the molecule is CC(=O)OC1[C@H](Oc2ccc(CSP3(=O)OC[C@H]4O[C@@H](n5cnc6c(=O)[nH]cnc65)[C@H](F)[C@@H]4OP(O)(=S)OC[C@H]4O[C@@H](n5cnc6c(N)ncnc65)[C@H](F)[C@@H]4O3)cc2NC(=O)CCCCCNC(=O)CCCCCN2C(=O)C=CC2=O)OC(C(C)=O)[C@@H](C)[C@@H]1C. The summed E-state index contributed by atoms with van der Waals surface area (Å²) in [6.07, 6.45) is -7.31. The monoisotopic (exact) mass is 1330 g/mol. The number of aromatic amines is 1. The Balaban J connectivity index is 0.879. The zero-order valence-corrected chi connectivity index (χ0v) is 52.3. The number of esters is 1. The van der Waals surface area contributed by atoms with Crippen LogP contribution < -0.4 is 26.7 Å². The van der Waals surface area contributed by atoms with E-state index in [0.717, 1.165) is 28.4 Å². The number of nitrogens with one attached hydrogen (secondary N) is 3. The van der Waals surface area contributed by atoms with Gasteiger partial charge in [-0.2, -0.15) is 0 Å². The molecule has 4 aromatic heterocycles. The molecule has 4 saturated heterocycles. The minimum Gasteiger partial charge on any atom is -0.459 e. The highest BCUT2D eigenvalue weighted by atomic mass is 32.7. The largest absolute Gasteiger partial charge is 0.459 e. The fourth-order valence-electron chi connectivity index (χ4n) is 11.0. The highest BCUT2D eigenvalue weighted by Crippen LogP contribution is 2.65. The van der Waals surface area contributed by atoms with E-state index in [4.69, 9.17) is 59.3 Å². The lowest BCUT2D eigenvalue weighted by atomic mass is 9.82. The van der Waals surface area contributed by atoms with Gasteiger partial charge in [-0.15, -0.1) is 0 Å². The Kier molecular flexibility index (Phi) is 21.0. The Hall–Kier alpha value is -6.55. The van der Waals surface area contributed by atoms with Crippen molar-refractivity contribution in [2.75, 3.05) is 37.4 Å².